The number of hydrogen-bond acceptors (Lipinski definition) is 6. The van der Waals surface area contributed by atoms with Crippen LogP contribution in [0.5, 0.6) is 0 Å². The molecule has 1 fully saturated rings. The molecule has 0 bridgehead atoms. The van der Waals surface area contributed by atoms with E-state index in [0.717, 1.165) is 26.8 Å². The molecule has 1 N–H and O–H groups in total. The molecule has 5 atom stereocenters. The van der Waals surface area contributed by atoms with Crippen molar-refractivity contribution in [1.29, 1.82) is 0 Å². The number of non-ortho nitro benzene ring substituents is 1. The van der Waals surface area contributed by atoms with Gasteiger partial charge in [-0.15, -0.1) is 23.4 Å². The predicted molar refractivity (Wildman–Crippen MR) is 142 cm³/mol. The van der Waals surface area contributed by atoms with E-state index in [1.807, 2.05) is 12.1 Å². The zero-order chi connectivity index (χ0) is 24.0. The lowest BCUT2D eigenvalue weighted by atomic mass is 9.77. The molecule has 34 heavy (non-hydrogen) atoms. The van der Waals surface area contributed by atoms with Crippen molar-refractivity contribution in [2.24, 2.45) is 5.92 Å². The van der Waals surface area contributed by atoms with Gasteiger partial charge < -0.3 is 5.32 Å². The number of alkyl halides is 1. The largest absolute Gasteiger partial charge is 0.377 e. The van der Waals surface area contributed by atoms with Gasteiger partial charge in [-0.25, -0.2) is 0 Å². The van der Waals surface area contributed by atoms with Gasteiger partial charge in [-0.1, -0.05) is 36.4 Å². The van der Waals surface area contributed by atoms with Gasteiger partial charge in [0.05, 0.1) is 31.8 Å². The van der Waals surface area contributed by atoms with Crippen molar-refractivity contribution in [1.82, 2.24) is 0 Å². The van der Waals surface area contributed by atoms with Crippen molar-refractivity contribution >= 4 is 63.0 Å². The van der Waals surface area contributed by atoms with Crippen LogP contribution in [-0.4, -0.2) is 20.5 Å². The molecule has 0 saturated heterocycles. The minimum absolute atomic E-state index is 0.0241. The van der Waals surface area contributed by atoms with Crippen LogP contribution >= 0.6 is 46.0 Å². The van der Waals surface area contributed by atoms with Gasteiger partial charge in [-0.2, -0.15) is 0 Å². The van der Waals surface area contributed by atoms with Gasteiger partial charge in [0.2, 0.25) is 0 Å². The third-order valence-corrected chi connectivity index (χ3v) is 9.61. The van der Waals surface area contributed by atoms with Crippen molar-refractivity contribution in [3.05, 3.63) is 102 Å². The number of rotatable bonds is 5. The molecule has 174 valence electrons. The summed E-state index contributed by atoms with van der Waals surface area (Å²) in [5.74, 6) is 0.183. The van der Waals surface area contributed by atoms with Gasteiger partial charge in [0, 0.05) is 32.9 Å². The molecule has 10 heteroatoms. The number of para-hydroxylation sites is 2. The molecule has 1 aliphatic heterocycles. The van der Waals surface area contributed by atoms with Crippen LogP contribution in [0.15, 0.2) is 71.6 Å². The molecule has 5 rings (SSSR count). The lowest BCUT2D eigenvalue weighted by molar-refractivity contribution is -0.387. The molecule has 7 nitrogen and oxygen atoms in total. The van der Waals surface area contributed by atoms with Gasteiger partial charge in [-0.05, 0) is 58.2 Å². The Bertz CT molecular complexity index is 1280. The van der Waals surface area contributed by atoms with Crippen molar-refractivity contribution in [3.8, 4) is 0 Å². The van der Waals surface area contributed by atoms with E-state index >= 15 is 0 Å². The first-order valence-electron chi connectivity index (χ1n) is 10.7. The van der Waals surface area contributed by atoms with Crippen molar-refractivity contribution < 1.29 is 9.85 Å². The van der Waals surface area contributed by atoms with Crippen LogP contribution < -0.4 is 5.32 Å². The maximum Gasteiger partial charge on any atom is 0.282 e. The van der Waals surface area contributed by atoms with Crippen LogP contribution in [0.3, 0.4) is 0 Å². The molecule has 1 saturated carbocycles. The number of nitro groups is 2. The number of nitrogens with one attached hydrogen (secondary N) is 1. The third kappa shape index (κ3) is 4.14. The summed E-state index contributed by atoms with van der Waals surface area (Å²) in [5, 5.41) is 26.1. The zero-order valence-corrected chi connectivity index (χ0v) is 21.4. The topological polar surface area (TPSA) is 98.3 Å². The number of nitro benzene ring substituents is 2. The Balaban J connectivity index is 1.53. The predicted octanol–water partition coefficient (Wildman–Crippen LogP) is 7.15. The Hall–Kier alpha value is -2.37. The highest BCUT2D eigenvalue weighted by atomic mass is 127. The highest BCUT2D eigenvalue weighted by Crippen LogP contribution is 2.58. The molecular formula is C24H19ClIN3O4S. The molecule has 0 aromatic heterocycles. The maximum atomic E-state index is 11.5. The van der Waals surface area contributed by atoms with Crippen LogP contribution in [-0.2, 0) is 0 Å². The van der Waals surface area contributed by atoms with E-state index in [2.05, 4.69) is 34.0 Å². The lowest BCUT2D eigenvalue weighted by Crippen LogP contribution is -2.31. The Labute approximate surface area is 218 Å². The highest BCUT2D eigenvalue weighted by molar-refractivity contribution is 14.1. The molecule has 3 aromatic carbocycles. The first-order chi connectivity index (χ1) is 16.3. The third-order valence-electron chi connectivity index (χ3n) is 6.60. The highest BCUT2D eigenvalue weighted by Gasteiger charge is 2.50. The number of benzene rings is 3. The molecule has 0 radical (unpaired) electrons. The van der Waals surface area contributed by atoms with Gasteiger partial charge in [-0.3, -0.25) is 20.2 Å². The SMILES string of the molecule is O=[N+]([O-])c1ccc(C2Nc3c(I)cccc3C3C(Cl)C(Sc4ccccc4[N+](=O)[O-])CC23)cc1. The summed E-state index contributed by atoms with van der Waals surface area (Å²) in [6, 6.07) is 19.5. The summed E-state index contributed by atoms with van der Waals surface area (Å²) in [4.78, 5) is 22.5. The van der Waals surface area contributed by atoms with Crippen molar-refractivity contribution in [3.63, 3.8) is 0 Å². The Morgan fingerprint density at radius 3 is 2.41 bits per heavy atom. The van der Waals surface area contributed by atoms with Crippen LogP contribution in [0.4, 0.5) is 17.1 Å². The number of halogens is 2. The molecule has 3 aromatic rings. The van der Waals surface area contributed by atoms with E-state index in [0.29, 0.717) is 4.90 Å². The monoisotopic (exact) mass is 607 g/mol. The van der Waals surface area contributed by atoms with E-state index in [4.69, 9.17) is 11.6 Å². The second kappa shape index (κ2) is 9.35. The molecular weight excluding hydrogens is 589 g/mol. The van der Waals surface area contributed by atoms with Crippen LogP contribution in [0.1, 0.15) is 29.5 Å². The molecule has 0 amide bonds. The number of fused-ring (bicyclic) bond motifs is 3. The average molecular weight is 608 g/mol. The van der Waals surface area contributed by atoms with Gasteiger partial charge in [0.25, 0.3) is 11.4 Å². The Kier molecular flexibility index (Phi) is 6.43. The molecule has 5 unspecified atom stereocenters. The van der Waals surface area contributed by atoms with Gasteiger partial charge in [0.15, 0.2) is 0 Å². The first-order valence-corrected chi connectivity index (χ1v) is 13.1. The molecule has 0 spiro atoms. The molecule has 2 aliphatic rings. The van der Waals surface area contributed by atoms with Gasteiger partial charge >= 0.3 is 0 Å². The number of nitrogens with zero attached hydrogens (tertiary/aromatic N) is 2. The van der Waals surface area contributed by atoms with Crippen LogP contribution in [0.2, 0.25) is 0 Å². The Morgan fingerprint density at radius 1 is 0.971 bits per heavy atom. The molecule has 1 heterocycles. The summed E-state index contributed by atoms with van der Waals surface area (Å²) in [7, 11) is 0. The summed E-state index contributed by atoms with van der Waals surface area (Å²) >= 11 is 10.9. The lowest BCUT2D eigenvalue weighted by Gasteiger charge is -2.38. The number of anilines is 1. The standard InChI is InChI=1S/C24H19ClIN3O4S/c25-22-20(34-19-7-2-1-6-18(19)29(32)33)12-16-21(22)15-4-3-5-17(26)24(15)27-23(16)13-8-10-14(11-9-13)28(30)31/h1-11,16,20-23,27H,12H2. The average Bonchev–Trinajstić information content (AvgIpc) is 3.15. The Morgan fingerprint density at radius 2 is 1.71 bits per heavy atom. The first kappa shape index (κ1) is 23.4. The second-order valence-electron chi connectivity index (χ2n) is 8.43. The number of hydrogen-bond donors (Lipinski definition) is 1. The van der Waals surface area contributed by atoms with Crippen molar-refractivity contribution in [2.75, 3.05) is 5.32 Å². The fourth-order valence-electron chi connectivity index (χ4n) is 5.11. The minimum atomic E-state index is -0.400. The summed E-state index contributed by atoms with van der Waals surface area (Å²) < 4.78 is 1.08. The van der Waals surface area contributed by atoms with Gasteiger partial charge in [0.1, 0.15) is 0 Å². The number of thioether (sulfide) groups is 1. The van der Waals surface area contributed by atoms with Crippen molar-refractivity contribution in [2.45, 2.75) is 33.9 Å². The van der Waals surface area contributed by atoms with Crippen LogP contribution in [0.25, 0.3) is 0 Å². The second-order valence-corrected chi connectivity index (χ2v) is 11.4. The van der Waals surface area contributed by atoms with E-state index in [1.54, 1.807) is 30.3 Å². The summed E-state index contributed by atoms with van der Waals surface area (Å²) in [6.45, 7) is 0. The van der Waals surface area contributed by atoms with E-state index in [1.165, 1.54) is 30.0 Å². The van der Waals surface area contributed by atoms with E-state index in [-0.39, 0.29) is 44.8 Å². The minimum Gasteiger partial charge on any atom is -0.377 e. The summed E-state index contributed by atoms with van der Waals surface area (Å²) in [5.41, 5.74) is 3.30. The van der Waals surface area contributed by atoms with E-state index in [9.17, 15) is 20.2 Å². The fourth-order valence-corrected chi connectivity index (χ4v) is 7.73. The normalized spacial score (nSPS) is 25.2. The van der Waals surface area contributed by atoms with Crippen LogP contribution in [0, 0.1) is 29.7 Å². The zero-order valence-electron chi connectivity index (χ0n) is 17.6. The maximum absolute atomic E-state index is 11.5. The quantitative estimate of drug-likeness (QED) is 0.143. The molecule has 1 aliphatic carbocycles. The summed E-state index contributed by atoms with van der Waals surface area (Å²) in [6.07, 6.45) is 0.759. The smallest absolute Gasteiger partial charge is 0.282 e. The van der Waals surface area contributed by atoms with E-state index < -0.39 is 4.92 Å². The fraction of sp³-hybridized carbons (Fsp3) is 0.250.